The van der Waals surface area contributed by atoms with Crippen LogP contribution >= 0.6 is 0 Å². The van der Waals surface area contributed by atoms with Gasteiger partial charge in [-0.15, -0.1) is 0 Å². The normalized spacial score (nSPS) is 12.0. The summed E-state index contributed by atoms with van der Waals surface area (Å²) < 4.78 is 9.79. The van der Waals surface area contributed by atoms with Gasteiger partial charge in [0.05, 0.1) is 25.0 Å². The molecule has 0 amide bonds. The summed E-state index contributed by atoms with van der Waals surface area (Å²) in [5.41, 5.74) is -0.321. The van der Waals surface area contributed by atoms with E-state index in [2.05, 4.69) is 11.7 Å². The number of esters is 2. The van der Waals surface area contributed by atoms with Crippen molar-refractivity contribution in [1.82, 2.24) is 0 Å². The number of methoxy groups -OCH3 is 1. The maximum absolute atomic E-state index is 11.7. The molecule has 4 nitrogen and oxygen atoms in total. The van der Waals surface area contributed by atoms with Gasteiger partial charge >= 0.3 is 11.9 Å². The van der Waals surface area contributed by atoms with E-state index in [1.807, 2.05) is 34.6 Å². The van der Waals surface area contributed by atoms with Crippen molar-refractivity contribution in [2.24, 2.45) is 11.3 Å². The predicted octanol–water partition coefficient (Wildman–Crippen LogP) is 7.09. The van der Waals surface area contributed by atoms with Gasteiger partial charge < -0.3 is 9.47 Å². The van der Waals surface area contributed by atoms with Crippen LogP contribution < -0.4 is 0 Å². The predicted molar refractivity (Wildman–Crippen MR) is 118 cm³/mol. The Morgan fingerprint density at radius 1 is 0.821 bits per heavy atom. The fraction of sp³-hybridized carbons (Fsp3) is 0.917. The molecule has 0 aromatic rings. The van der Waals surface area contributed by atoms with Crippen LogP contribution in [0.2, 0.25) is 0 Å². The summed E-state index contributed by atoms with van der Waals surface area (Å²) in [5.74, 6) is -0.108. The van der Waals surface area contributed by atoms with Gasteiger partial charge in [0.2, 0.25) is 0 Å². The zero-order valence-corrected chi connectivity index (χ0v) is 19.9. The molecule has 28 heavy (non-hydrogen) atoms. The second-order valence-electron chi connectivity index (χ2n) is 8.39. The highest BCUT2D eigenvalue weighted by atomic mass is 16.5. The van der Waals surface area contributed by atoms with E-state index < -0.39 is 0 Å². The lowest BCUT2D eigenvalue weighted by molar-refractivity contribution is -0.154. The van der Waals surface area contributed by atoms with Crippen molar-refractivity contribution in [3.8, 4) is 0 Å². The van der Waals surface area contributed by atoms with Gasteiger partial charge in [-0.2, -0.15) is 0 Å². The van der Waals surface area contributed by atoms with Gasteiger partial charge in [0, 0.05) is 0 Å². The molecule has 0 spiro atoms. The first-order valence-corrected chi connectivity index (χ1v) is 11.5. The van der Waals surface area contributed by atoms with Crippen molar-refractivity contribution < 1.29 is 19.1 Å². The molecular formula is C24H48O4. The Labute approximate surface area is 175 Å². The lowest BCUT2D eigenvalue weighted by Crippen LogP contribution is -2.26. The fourth-order valence-corrected chi connectivity index (χ4v) is 2.46. The first-order valence-electron chi connectivity index (χ1n) is 11.5. The maximum atomic E-state index is 11.7. The number of unbranched alkanes of at least 4 members (excludes halogenated alkanes) is 9. The van der Waals surface area contributed by atoms with E-state index in [-0.39, 0.29) is 23.3 Å². The Morgan fingerprint density at radius 3 is 1.64 bits per heavy atom. The van der Waals surface area contributed by atoms with Crippen LogP contribution in [0.15, 0.2) is 0 Å². The molecule has 0 rings (SSSR count). The lowest BCUT2D eigenvalue weighted by atomic mass is 9.91. The van der Waals surface area contributed by atoms with E-state index in [0.29, 0.717) is 6.61 Å². The van der Waals surface area contributed by atoms with Gasteiger partial charge in [-0.05, 0) is 33.1 Å². The van der Waals surface area contributed by atoms with Gasteiger partial charge in [-0.25, -0.2) is 0 Å². The van der Waals surface area contributed by atoms with E-state index in [1.165, 1.54) is 64.9 Å². The Balaban J connectivity index is 0. The summed E-state index contributed by atoms with van der Waals surface area (Å²) >= 11 is 0. The molecule has 0 fully saturated rings. The van der Waals surface area contributed by atoms with Crippen molar-refractivity contribution in [2.75, 3.05) is 13.7 Å². The molecule has 0 radical (unpaired) electrons. The third-order valence-electron chi connectivity index (χ3n) is 5.38. The van der Waals surface area contributed by atoms with Gasteiger partial charge in [0.25, 0.3) is 0 Å². The monoisotopic (exact) mass is 400 g/mol. The second-order valence-corrected chi connectivity index (χ2v) is 8.39. The molecule has 4 heteroatoms. The largest absolute Gasteiger partial charge is 0.469 e. The quantitative estimate of drug-likeness (QED) is 0.217. The van der Waals surface area contributed by atoms with Gasteiger partial charge in [0.15, 0.2) is 0 Å². The Kier molecular flexibility index (Phi) is 20.1. The molecule has 0 bridgehead atoms. The third-order valence-corrected chi connectivity index (χ3v) is 5.38. The minimum atomic E-state index is -0.321. The van der Waals surface area contributed by atoms with E-state index >= 15 is 0 Å². The first kappa shape index (κ1) is 29.1. The highest BCUT2D eigenvalue weighted by Gasteiger charge is 2.26. The van der Waals surface area contributed by atoms with E-state index in [9.17, 15) is 9.59 Å². The molecule has 0 N–H and O–H groups in total. The van der Waals surface area contributed by atoms with Crippen molar-refractivity contribution in [3.63, 3.8) is 0 Å². The zero-order chi connectivity index (χ0) is 21.8. The summed E-state index contributed by atoms with van der Waals surface area (Å²) in [6.07, 6.45) is 14.8. The number of ether oxygens (including phenoxy) is 2. The average Bonchev–Trinajstić information content (AvgIpc) is 2.70. The first-order chi connectivity index (χ1) is 13.3. The minimum Gasteiger partial charge on any atom is -0.469 e. The smallest absolute Gasteiger partial charge is 0.311 e. The van der Waals surface area contributed by atoms with E-state index in [4.69, 9.17) is 4.74 Å². The Bertz CT molecular complexity index is 377. The number of hydrogen-bond acceptors (Lipinski definition) is 4. The van der Waals surface area contributed by atoms with Crippen LogP contribution in [0.5, 0.6) is 0 Å². The summed E-state index contributed by atoms with van der Waals surface area (Å²) in [7, 11) is 1.41. The van der Waals surface area contributed by atoms with Crippen LogP contribution in [0.4, 0.5) is 0 Å². The highest BCUT2D eigenvalue weighted by molar-refractivity contribution is 5.75. The van der Waals surface area contributed by atoms with Crippen LogP contribution in [0.1, 0.15) is 119 Å². The fourth-order valence-electron chi connectivity index (χ4n) is 2.46. The molecule has 1 atom stereocenters. The molecule has 168 valence electrons. The number of hydrogen-bond donors (Lipinski definition) is 0. The standard InChI is InChI=1S/C18H36O2.C6H12O2/c1-5-7-8-9-10-11-12-13-14-15-16-20-17(19)18(3,4)6-2;1-4-5(2)6(7)8-3/h5-16H2,1-4H3;5H,4H2,1-3H3. The van der Waals surface area contributed by atoms with Gasteiger partial charge in [-0.3, -0.25) is 9.59 Å². The summed E-state index contributed by atoms with van der Waals surface area (Å²) in [6.45, 7) is 12.6. The topological polar surface area (TPSA) is 52.6 Å². The zero-order valence-electron chi connectivity index (χ0n) is 19.9. The minimum absolute atomic E-state index is 0.0454. The molecule has 1 unspecified atom stereocenters. The molecule has 0 aliphatic rings. The van der Waals surface area contributed by atoms with Crippen LogP contribution in [0.3, 0.4) is 0 Å². The number of carbonyl (C=O) groups excluding carboxylic acids is 2. The molecule has 0 aliphatic heterocycles. The molecule has 0 heterocycles. The van der Waals surface area contributed by atoms with Crippen LogP contribution in [0, 0.1) is 11.3 Å². The Morgan fingerprint density at radius 2 is 1.29 bits per heavy atom. The van der Waals surface area contributed by atoms with Crippen LogP contribution in [-0.2, 0) is 19.1 Å². The molecule has 0 aliphatic carbocycles. The summed E-state index contributed by atoms with van der Waals surface area (Å²) in [4.78, 5) is 22.3. The van der Waals surface area contributed by atoms with Gasteiger partial charge in [0.1, 0.15) is 0 Å². The lowest BCUT2D eigenvalue weighted by Gasteiger charge is -2.20. The maximum Gasteiger partial charge on any atom is 0.311 e. The average molecular weight is 401 g/mol. The molecular weight excluding hydrogens is 352 g/mol. The van der Waals surface area contributed by atoms with Crippen molar-refractivity contribution in [1.29, 1.82) is 0 Å². The van der Waals surface area contributed by atoms with Gasteiger partial charge in [-0.1, -0.05) is 85.5 Å². The Hall–Kier alpha value is -1.06. The van der Waals surface area contributed by atoms with E-state index in [0.717, 1.165) is 19.3 Å². The van der Waals surface area contributed by atoms with Crippen molar-refractivity contribution in [2.45, 2.75) is 119 Å². The molecule has 0 saturated heterocycles. The molecule has 0 saturated carbocycles. The molecule has 0 aromatic carbocycles. The SMILES string of the molecule is CCC(C)C(=O)OC.CCCCCCCCCCCCOC(=O)C(C)(C)CC. The second kappa shape index (κ2) is 19.3. The highest BCUT2D eigenvalue weighted by Crippen LogP contribution is 2.21. The van der Waals surface area contributed by atoms with E-state index in [1.54, 1.807) is 0 Å². The summed E-state index contributed by atoms with van der Waals surface area (Å²) in [6, 6.07) is 0. The van der Waals surface area contributed by atoms with Crippen LogP contribution in [-0.4, -0.2) is 25.7 Å². The van der Waals surface area contributed by atoms with Crippen LogP contribution in [0.25, 0.3) is 0 Å². The third kappa shape index (κ3) is 17.1. The van der Waals surface area contributed by atoms with Crippen molar-refractivity contribution >= 4 is 11.9 Å². The van der Waals surface area contributed by atoms with Crippen molar-refractivity contribution in [3.05, 3.63) is 0 Å². The summed E-state index contributed by atoms with van der Waals surface area (Å²) in [5, 5.41) is 0. The molecule has 0 aromatic heterocycles. The number of rotatable bonds is 15. The number of carbonyl (C=O) groups is 2.